The van der Waals surface area contributed by atoms with Gasteiger partial charge in [0.05, 0.1) is 12.3 Å². The molecule has 0 unspecified atom stereocenters. The molecule has 0 radical (unpaired) electrons. The third-order valence-electron chi connectivity index (χ3n) is 6.22. The lowest BCUT2D eigenvalue weighted by Crippen LogP contribution is -2.59. The molecule has 214 valence electrons. The fraction of sp³-hybridized carbons (Fsp3) is 0.393. The van der Waals surface area contributed by atoms with E-state index < -0.39 is 18.8 Å². The van der Waals surface area contributed by atoms with Crippen molar-refractivity contribution in [3.05, 3.63) is 66.5 Å². The second-order valence-corrected chi connectivity index (χ2v) is 8.86. The lowest BCUT2D eigenvalue weighted by molar-refractivity contribution is -0.308. The third-order valence-corrected chi connectivity index (χ3v) is 6.22. The minimum Gasteiger partial charge on any atom is -0.406 e. The van der Waals surface area contributed by atoms with Crippen LogP contribution in [0.5, 0.6) is 5.75 Å². The molecule has 4 rings (SSSR count). The number of alkyl halides is 3. The van der Waals surface area contributed by atoms with Crippen LogP contribution in [0.2, 0.25) is 0 Å². The Hall–Kier alpha value is -3.58. The van der Waals surface area contributed by atoms with E-state index >= 15 is 0 Å². The SMILES string of the molecule is CCO[C@@H]1[C@@H](OC)[C@H](C)O[C@@H](O/N=C/c2ccc(-c3ncc(-c4cccc(OC(F)(F)F)c4)cn3)cc2)[C@@H]1OC. The standard InChI is InChI=1S/C28H30F3N3O6/c1-5-37-24-23(35-3)17(2)38-27(25(24)36-4)40-34-14-18-9-11-19(12-10-18)26-32-15-21(16-33-26)20-7-6-8-22(13-20)39-28(29,30)31/h6-17,23-25,27H,5H2,1-4H3/b34-14+/t17-,23-,24+,25+,27-/m0/s1. The predicted molar refractivity (Wildman–Crippen MR) is 140 cm³/mol. The first-order chi connectivity index (χ1) is 19.2. The molecule has 5 atom stereocenters. The number of nitrogens with zero attached hydrogens (tertiary/aromatic N) is 3. The van der Waals surface area contributed by atoms with Crippen molar-refractivity contribution in [1.82, 2.24) is 9.97 Å². The molecule has 1 saturated heterocycles. The van der Waals surface area contributed by atoms with Crippen molar-refractivity contribution >= 4 is 6.21 Å². The molecule has 2 heterocycles. The van der Waals surface area contributed by atoms with Gasteiger partial charge in [0, 0.05) is 44.3 Å². The average Bonchev–Trinajstić information content (AvgIpc) is 2.93. The van der Waals surface area contributed by atoms with Crippen molar-refractivity contribution in [2.24, 2.45) is 5.16 Å². The Kier molecular flexibility index (Phi) is 9.69. The molecule has 1 fully saturated rings. The molecular weight excluding hydrogens is 531 g/mol. The largest absolute Gasteiger partial charge is 0.573 e. The molecule has 1 aliphatic heterocycles. The molecule has 0 saturated carbocycles. The number of benzene rings is 2. The molecule has 12 heteroatoms. The quantitative estimate of drug-likeness (QED) is 0.245. The summed E-state index contributed by atoms with van der Waals surface area (Å²) in [4.78, 5) is 14.3. The molecule has 0 amide bonds. The number of rotatable bonds is 10. The van der Waals surface area contributed by atoms with Crippen molar-refractivity contribution in [2.75, 3.05) is 20.8 Å². The summed E-state index contributed by atoms with van der Waals surface area (Å²) in [5.74, 6) is 0.138. The Morgan fingerprint density at radius 1 is 0.925 bits per heavy atom. The van der Waals surface area contributed by atoms with Gasteiger partial charge in [-0.15, -0.1) is 13.2 Å². The van der Waals surface area contributed by atoms with Gasteiger partial charge in [-0.05, 0) is 37.1 Å². The number of methoxy groups -OCH3 is 2. The van der Waals surface area contributed by atoms with Gasteiger partial charge in [-0.25, -0.2) is 9.97 Å². The average molecular weight is 562 g/mol. The van der Waals surface area contributed by atoms with Crippen LogP contribution in [0.3, 0.4) is 0 Å². The Morgan fingerprint density at radius 2 is 1.62 bits per heavy atom. The highest BCUT2D eigenvalue weighted by Gasteiger charge is 2.47. The molecule has 1 aromatic heterocycles. The van der Waals surface area contributed by atoms with E-state index in [0.717, 1.165) is 11.1 Å². The number of aromatic nitrogens is 2. The van der Waals surface area contributed by atoms with Gasteiger partial charge >= 0.3 is 6.36 Å². The van der Waals surface area contributed by atoms with Gasteiger partial charge in [0.1, 0.15) is 18.0 Å². The summed E-state index contributed by atoms with van der Waals surface area (Å²) in [6.45, 7) is 4.25. The Morgan fingerprint density at radius 3 is 2.25 bits per heavy atom. The maximum absolute atomic E-state index is 12.5. The maximum atomic E-state index is 12.5. The van der Waals surface area contributed by atoms with Gasteiger partial charge in [0.2, 0.25) is 0 Å². The molecule has 0 spiro atoms. The molecule has 40 heavy (non-hydrogen) atoms. The number of ether oxygens (including phenoxy) is 5. The van der Waals surface area contributed by atoms with Crippen molar-refractivity contribution in [2.45, 2.75) is 50.9 Å². The zero-order chi connectivity index (χ0) is 28.7. The molecule has 1 aliphatic rings. The Bertz CT molecular complexity index is 1260. The summed E-state index contributed by atoms with van der Waals surface area (Å²) >= 11 is 0. The van der Waals surface area contributed by atoms with Gasteiger partial charge in [0.25, 0.3) is 6.29 Å². The fourth-order valence-electron chi connectivity index (χ4n) is 4.38. The molecular formula is C28H30F3N3O6. The van der Waals surface area contributed by atoms with Gasteiger partial charge in [-0.1, -0.05) is 41.6 Å². The van der Waals surface area contributed by atoms with Crippen LogP contribution >= 0.6 is 0 Å². The lowest BCUT2D eigenvalue weighted by Gasteiger charge is -2.42. The third kappa shape index (κ3) is 7.33. The van der Waals surface area contributed by atoms with Gasteiger partial charge in [-0.3, -0.25) is 0 Å². The van der Waals surface area contributed by atoms with Crippen molar-refractivity contribution in [3.63, 3.8) is 0 Å². The number of oxime groups is 1. The zero-order valence-corrected chi connectivity index (χ0v) is 22.4. The van der Waals surface area contributed by atoms with E-state index in [9.17, 15) is 13.2 Å². The summed E-state index contributed by atoms with van der Waals surface area (Å²) < 4.78 is 64.5. The predicted octanol–water partition coefficient (Wildman–Crippen LogP) is 5.24. The van der Waals surface area contributed by atoms with Crippen molar-refractivity contribution in [3.8, 4) is 28.3 Å². The first kappa shape index (κ1) is 29.4. The molecule has 2 aromatic carbocycles. The van der Waals surface area contributed by atoms with E-state index in [1.807, 2.05) is 38.1 Å². The highest BCUT2D eigenvalue weighted by atomic mass is 19.4. The van der Waals surface area contributed by atoms with Crippen LogP contribution in [0.1, 0.15) is 19.4 Å². The first-order valence-corrected chi connectivity index (χ1v) is 12.5. The van der Waals surface area contributed by atoms with Crippen LogP contribution in [0, 0.1) is 0 Å². The van der Waals surface area contributed by atoms with Crippen LogP contribution in [0.15, 0.2) is 66.1 Å². The molecule has 0 N–H and O–H groups in total. The first-order valence-electron chi connectivity index (χ1n) is 12.5. The van der Waals surface area contributed by atoms with Crippen molar-refractivity contribution in [1.29, 1.82) is 0 Å². The second-order valence-electron chi connectivity index (χ2n) is 8.86. The summed E-state index contributed by atoms with van der Waals surface area (Å²) in [5.41, 5.74) is 2.55. The molecule has 9 nitrogen and oxygen atoms in total. The smallest absolute Gasteiger partial charge is 0.406 e. The van der Waals surface area contributed by atoms with Crippen LogP contribution in [0.4, 0.5) is 13.2 Å². The highest BCUT2D eigenvalue weighted by Crippen LogP contribution is 2.29. The normalized spacial score (nSPS) is 23.3. The number of hydrogen-bond donors (Lipinski definition) is 0. The summed E-state index contributed by atoms with van der Waals surface area (Å²) in [5, 5.41) is 4.08. The van der Waals surface area contributed by atoms with Crippen molar-refractivity contribution < 1.29 is 41.7 Å². The molecule has 3 aromatic rings. The van der Waals surface area contributed by atoms with E-state index in [4.69, 9.17) is 23.8 Å². The van der Waals surface area contributed by atoms with Crippen LogP contribution in [-0.2, 0) is 23.8 Å². The summed E-state index contributed by atoms with van der Waals surface area (Å²) in [6, 6.07) is 12.9. The van der Waals surface area contributed by atoms with Gasteiger partial charge in [0.15, 0.2) is 11.9 Å². The van der Waals surface area contributed by atoms with E-state index in [1.165, 1.54) is 18.2 Å². The van der Waals surface area contributed by atoms with E-state index in [1.54, 1.807) is 38.9 Å². The van der Waals surface area contributed by atoms with E-state index in [-0.39, 0.29) is 24.1 Å². The monoisotopic (exact) mass is 561 g/mol. The minimum absolute atomic E-state index is 0.295. The second kappa shape index (κ2) is 13.2. The van der Waals surface area contributed by atoms with E-state index in [0.29, 0.717) is 23.6 Å². The number of hydrogen-bond acceptors (Lipinski definition) is 9. The Labute approximate surface area is 229 Å². The van der Waals surface area contributed by atoms with E-state index in [2.05, 4.69) is 19.9 Å². The summed E-state index contributed by atoms with van der Waals surface area (Å²) in [6.07, 6.45) is -2.46. The van der Waals surface area contributed by atoms with Crippen LogP contribution in [0.25, 0.3) is 22.5 Å². The Balaban J connectivity index is 1.39. The fourth-order valence-corrected chi connectivity index (χ4v) is 4.38. The van der Waals surface area contributed by atoms with Gasteiger partial charge in [-0.2, -0.15) is 0 Å². The zero-order valence-electron chi connectivity index (χ0n) is 22.4. The summed E-state index contributed by atoms with van der Waals surface area (Å²) in [7, 11) is 3.15. The molecule has 0 bridgehead atoms. The lowest BCUT2D eigenvalue weighted by atomic mass is 9.99. The highest BCUT2D eigenvalue weighted by molar-refractivity contribution is 5.80. The maximum Gasteiger partial charge on any atom is 0.573 e. The van der Waals surface area contributed by atoms with Crippen LogP contribution in [-0.4, -0.2) is 74.1 Å². The topological polar surface area (TPSA) is 93.5 Å². The molecule has 0 aliphatic carbocycles. The minimum atomic E-state index is -4.77. The van der Waals surface area contributed by atoms with Gasteiger partial charge < -0.3 is 28.5 Å². The van der Waals surface area contributed by atoms with Crippen LogP contribution < -0.4 is 4.74 Å². The number of halogens is 3.